The van der Waals surface area contributed by atoms with Crippen LogP contribution in [0.2, 0.25) is 0 Å². The number of carbonyl (C=O) groups is 1. The van der Waals surface area contributed by atoms with Crippen molar-refractivity contribution in [3.63, 3.8) is 0 Å². The highest BCUT2D eigenvalue weighted by Gasteiger charge is 2.14. The van der Waals surface area contributed by atoms with E-state index in [4.69, 9.17) is 13.7 Å². The largest absolute Gasteiger partial charge is 0.497 e. The number of hydrogen-bond acceptors (Lipinski definition) is 5. The first-order valence-electron chi connectivity index (χ1n) is 9.05. The van der Waals surface area contributed by atoms with Crippen molar-refractivity contribution in [2.75, 3.05) is 13.7 Å². The molecule has 142 valence electrons. The molecular formula is C22H20N2O4. The summed E-state index contributed by atoms with van der Waals surface area (Å²) in [6.45, 7) is 0.555. The Hall–Kier alpha value is -3.54. The van der Waals surface area contributed by atoms with Gasteiger partial charge in [0.25, 0.3) is 0 Å². The second kappa shape index (κ2) is 8.00. The molecule has 2 aromatic carbocycles. The summed E-state index contributed by atoms with van der Waals surface area (Å²) in [6, 6.07) is 19.2. The molecule has 0 fully saturated rings. The number of hydrogen-bond donors (Lipinski definition) is 1. The Morgan fingerprint density at radius 1 is 1.07 bits per heavy atom. The van der Waals surface area contributed by atoms with E-state index in [0.717, 1.165) is 28.7 Å². The van der Waals surface area contributed by atoms with Gasteiger partial charge in [0, 0.05) is 18.0 Å². The fourth-order valence-electron chi connectivity index (χ4n) is 2.98. The van der Waals surface area contributed by atoms with Gasteiger partial charge in [-0.05, 0) is 36.2 Å². The molecule has 0 saturated carbocycles. The molecule has 0 aliphatic carbocycles. The van der Waals surface area contributed by atoms with E-state index in [1.165, 1.54) is 0 Å². The first-order valence-corrected chi connectivity index (χ1v) is 9.05. The number of rotatable bonds is 7. The lowest BCUT2D eigenvalue weighted by Gasteiger charge is -2.05. The molecule has 0 saturated heterocycles. The van der Waals surface area contributed by atoms with Gasteiger partial charge in [-0.1, -0.05) is 35.5 Å². The number of fused-ring (bicyclic) bond motifs is 1. The summed E-state index contributed by atoms with van der Waals surface area (Å²) in [5.74, 6) is 1.83. The Labute approximate surface area is 162 Å². The Morgan fingerprint density at radius 3 is 2.68 bits per heavy atom. The minimum absolute atomic E-state index is 0.0991. The monoisotopic (exact) mass is 376 g/mol. The maximum absolute atomic E-state index is 12.2. The highest BCUT2D eigenvalue weighted by atomic mass is 16.5. The predicted octanol–water partition coefficient (Wildman–Crippen LogP) is 4.00. The number of nitrogens with zero attached hydrogens (tertiary/aromatic N) is 1. The van der Waals surface area contributed by atoms with E-state index in [9.17, 15) is 4.79 Å². The fraction of sp³-hybridized carbons (Fsp3) is 0.182. The lowest BCUT2D eigenvalue weighted by Crippen LogP contribution is -2.27. The summed E-state index contributed by atoms with van der Waals surface area (Å²) in [6.07, 6.45) is 0.908. The number of para-hydroxylation sites is 1. The minimum Gasteiger partial charge on any atom is -0.497 e. The highest BCUT2D eigenvalue weighted by Crippen LogP contribution is 2.28. The maximum Gasteiger partial charge on any atom is 0.226 e. The van der Waals surface area contributed by atoms with Crippen molar-refractivity contribution >= 4 is 16.9 Å². The number of nitrogens with one attached hydrogen (secondary N) is 1. The molecule has 2 heterocycles. The van der Waals surface area contributed by atoms with Crippen LogP contribution in [0.5, 0.6) is 5.75 Å². The van der Waals surface area contributed by atoms with Crippen LogP contribution in [-0.4, -0.2) is 24.7 Å². The average molecular weight is 376 g/mol. The lowest BCUT2D eigenvalue weighted by molar-refractivity contribution is -0.120. The van der Waals surface area contributed by atoms with Gasteiger partial charge in [0.05, 0.1) is 19.2 Å². The first-order chi connectivity index (χ1) is 13.7. The van der Waals surface area contributed by atoms with Crippen LogP contribution in [0.3, 0.4) is 0 Å². The third-order valence-electron chi connectivity index (χ3n) is 4.46. The SMILES string of the molecule is COc1ccc(CCNC(=O)Cc2cc(-c3cc4ccccc4o3)on2)cc1. The van der Waals surface area contributed by atoms with E-state index < -0.39 is 0 Å². The van der Waals surface area contributed by atoms with E-state index >= 15 is 0 Å². The standard InChI is InChI=1S/C22H20N2O4/c1-26-18-8-6-15(7-9-18)10-11-23-22(25)14-17-13-21(28-24-17)20-12-16-4-2-3-5-19(16)27-20/h2-9,12-13H,10-11,14H2,1H3,(H,23,25). The van der Waals surface area contributed by atoms with Gasteiger partial charge < -0.3 is 19.0 Å². The topological polar surface area (TPSA) is 77.5 Å². The van der Waals surface area contributed by atoms with Crippen molar-refractivity contribution < 1.29 is 18.5 Å². The Bertz CT molecular complexity index is 1050. The van der Waals surface area contributed by atoms with Crippen molar-refractivity contribution in [1.82, 2.24) is 10.5 Å². The maximum atomic E-state index is 12.2. The zero-order valence-corrected chi connectivity index (χ0v) is 15.5. The zero-order chi connectivity index (χ0) is 19.3. The van der Waals surface area contributed by atoms with Crippen LogP contribution in [0.4, 0.5) is 0 Å². The molecule has 0 radical (unpaired) electrons. The molecule has 0 unspecified atom stereocenters. The van der Waals surface area contributed by atoms with Crippen LogP contribution in [-0.2, 0) is 17.6 Å². The number of aromatic nitrogens is 1. The van der Waals surface area contributed by atoms with Crippen molar-refractivity contribution in [2.45, 2.75) is 12.8 Å². The molecule has 0 bridgehead atoms. The third-order valence-corrected chi connectivity index (χ3v) is 4.46. The molecule has 0 aliphatic rings. The molecule has 6 heteroatoms. The van der Waals surface area contributed by atoms with Crippen LogP contribution in [0, 0.1) is 0 Å². The molecule has 28 heavy (non-hydrogen) atoms. The Kier molecular flexibility index (Phi) is 5.10. The average Bonchev–Trinajstić information content (AvgIpc) is 3.35. The van der Waals surface area contributed by atoms with E-state index in [1.54, 1.807) is 13.2 Å². The first kappa shape index (κ1) is 17.9. The van der Waals surface area contributed by atoms with Gasteiger partial charge in [-0.3, -0.25) is 4.79 Å². The van der Waals surface area contributed by atoms with Gasteiger partial charge in [-0.2, -0.15) is 0 Å². The van der Waals surface area contributed by atoms with Gasteiger partial charge in [0.1, 0.15) is 11.3 Å². The van der Waals surface area contributed by atoms with E-state index in [1.807, 2.05) is 54.6 Å². The lowest BCUT2D eigenvalue weighted by atomic mass is 10.1. The van der Waals surface area contributed by atoms with E-state index in [0.29, 0.717) is 23.8 Å². The number of carbonyl (C=O) groups excluding carboxylic acids is 1. The van der Waals surface area contributed by atoms with Gasteiger partial charge in [0.2, 0.25) is 11.7 Å². The quantitative estimate of drug-likeness (QED) is 0.528. The molecule has 4 aromatic rings. The fourth-order valence-corrected chi connectivity index (χ4v) is 2.98. The normalized spacial score (nSPS) is 10.9. The second-order valence-electron chi connectivity index (χ2n) is 6.46. The van der Waals surface area contributed by atoms with Gasteiger partial charge in [-0.15, -0.1) is 0 Å². The Morgan fingerprint density at radius 2 is 1.89 bits per heavy atom. The molecule has 2 aromatic heterocycles. The third kappa shape index (κ3) is 4.06. The summed E-state index contributed by atoms with van der Waals surface area (Å²) < 4.78 is 16.2. The summed E-state index contributed by atoms with van der Waals surface area (Å²) >= 11 is 0. The minimum atomic E-state index is -0.0991. The molecule has 0 atom stereocenters. The van der Waals surface area contributed by atoms with Crippen molar-refractivity contribution in [1.29, 1.82) is 0 Å². The van der Waals surface area contributed by atoms with Crippen LogP contribution < -0.4 is 10.1 Å². The molecule has 4 rings (SSSR count). The second-order valence-corrected chi connectivity index (χ2v) is 6.46. The molecule has 1 amide bonds. The highest BCUT2D eigenvalue weighted by molar-refractivity contribution is 5.82. The van der Waals surface area contributed by atoms with Gasteiger partial charge in [0.15, 0.2) is 5.76 Å². The predicted molar refractivity (Wildman–Crippen MR) is 105 cm³/mol. The van der Waals surface area contributed by atoms with E-state index in [-0.39, 0.29) is 12.3 Å². The van der Waals surface area contributed by atoms with Gasteiger partial charge >= 0.3 is 0 Å². The summed E-state index contributed by atoms with van der Waals surface area (Å²) in [7, 11) is 1.64. The van der Waals surface area contributed by atoms with Crippen LogP contribution in [0.15, 0.2) is 69.6 Å². The number of amides is 1. The molecule has 0 aliphatic heterocycles. The summed E-state index contributed by atoms with van der Waals surface area (Å²) in [5, 5.41) is 7.87. The summed E-state index contributed by atoms with van der Waals surface area (Å²) in [4.78, 5) is 12.2. The van der Waals surface area contributed by atoms with Crippen LogP contribution in [0.25, 0.3) is 22.5 Å². The Balaban J connectivity index is 1.31. The molecule has 6 nitrogen and oxygen atoms in total. The molecule has 1 N–H and O–H groups in total. The zero-order valence-electron chi connectivity index (χ0n) is 15.5. The molecular weight excluding hydrogens is 356 g/mol. The number of ether oxygens (including phenoxy) is 1. The van der Waals surface area contributed by atoms with Gasteiger partial charge in [-0.25, -0.2) is 0 Å². The number of furan rings is 1. The van der Waals surface area contributed by atoms with E-state index in [2.05, 4.69) is 10.5 Å². The van der Waals surface area contributed by atoms with Crippen LogP contribution in [0.1, 0.15) is 11.3 Å². The summed E-state index contributed by atoms with van der Waals surface area (Å²) in [5.41, 5.74) is 2.49. The number of methoxy groups -OCH3 is 1. The number of benzene rings is 2. The van der Waals surface area contributed by atoms with Crippen LogP contribution >= 0.6 is 0 Å². The van der Waals surface area contributed by atoms with Crippen molar-refractivity contribution in [3.8, 4) is 17.3 Å². The van der Waals surface area contributed by atoms with Crippen molar-refractivity contribution in [3.05, 3.63) is 71.9 Å². The molecule has 0 spiro atoms. The smallest absolute Gasteiger partial charge is 0.226 e. The van der Waals surface area contributed by atoms with Crippen molar-refractivity contribution in [2.24, 2.45) is 0 Å².